The lowest BCUT2D eigenvalue weighted by Crippen LogP contribution is -2.54. The molecule has 3 aliphatic carbocycles. The molecule has 0 radical (unpaired) electrons. The van der Waals surface area contributed by atoms with Crippen LogP contribution in [-0.2, 0) is 10.6 Å². The lowest BCUT2D eigenvalue weighted by Gasteiger charge is -2.46. The third-order valence-corrected chi connectivity index (χ3v) is 11.5. The Kier molecular flexibility index (Phi) is 6.00. The van der Waals surface area contributed by atoms with Crippen molar-refractivity contribution < 1.29 is 0 Å². The Labute approximate surface area is 223 Å². The molecule has 0 saturated heterocycles. The van der Waals surface area contributed by atoms with Crippen LogP contribution in [0.15, 0.2) is 70.8 Å². The van der Waals surface area contributed by atoms with Gasteiger partial charge >= 0.3 is 0 Å². The summed E-state index contributed by atoms with van der Waals surface area (Å²) in [5, 5.41) is -0.112. The van der Waals surface area contributed by atoms with Crippen LogP contribution in [0.2, 0.25) is 0 Å². The molecule has 0 unspecified atom stereocenters. The van der Waals surface area contributed by atoms with Gasteiger partial charge in [-0.05, 0) is 97.6 Å². The first-order valence-corrected chi connectivity index (χ1v) is 15.5. The normalized spacial score (nSPS) is 30.2. The summed E-state index contributed by atoms with van der Waals surface area (Å²) in [5.74, 6) is 0. The van der Waals surface area contributed by atoms with E-state index in [4.69, 9.17) is 11.5 Å². The maximum atomic E-state index is 8.30. The van der Waals surface area contributed by atoms with E-state index >= 15 is 0 Å². The molecule has 186 valence electrons. The zero-order chi connectivity index (χ0) is 24.2. The Morgan fingerprint density at radius 1 is 0.500 bits per heavy atom. The van der Waals surface area contributed by atoms with Crippen LogP contribution in [0.5, 0.6) is 0 Å². The van der Waals surface area contributed by atoms with Gasteiger partial charge in [0.05, 0.1) is 0 Å². The number of hydrogen-bond acceptors (Lipinski definition) is 0. The van der Waals surface area contributed by atoms with Crippen molar-refractivity contribution in [2.24, 2.45) is 0 Å². The molecule has 0 aromatic heterocycles. The van der Waals surface area contributed by atoms with E-state index in [2.05, 4.69) is 48.5 Å². The first-order chi connectivity index (χ1) is 17.8. The predicted molar refractivity (Wildman–Crippen MR) is 155 cm³/mol. The number of rotatable bonds is 0. The highest BCUT2D eigenvalue weighted by Gasteiger charge is 2.62. The van der Waals surface area contributed by atoms with Gasteiger partial charge in [-0.3, -0.25) is 0 Å². The summed E-state index contributed by atoms with van der Waals surface area (Å²) in [7, 11) is 0. The molecular formula is C34H40BCl. The molecule has 2 spiro atoms. The monoisotopic (exact) mass is 494 g/mol. The highest BCUT2D eigenvalue weighted by atomic mass is 35.5. The Morgan fingerprint density at radius 3 is 1.42 bits per heavy atom. The molecule has 0 N–H and O–H groups in total. The molecule has 2 atom stereocenters. The van der Waals surface area contributed by atoms with Crippen LogP contribution in [0.25, 0.3) is 11.1 Å². The molecule has 3 saturated carbocycles. The van der Waals surface area contributed by atoms with Gasteiger partial charge in [-0.1, -0.05) is 98.2 Å². The maximum absolute atomic E-state index is 8.30. The highest BCUT2D eigenvalue weighted by molar-refractivity contribution is 7.10. The quantitative estimate of drug-likeness (QED) is 0.319. The third kappa shape index (κ3) is 3.20. The molecule has 36 heavy (non-hydrogen) atoms. The van der Waals surface area contributed by atoms with Gasteiger partial charge in [-0.25, -0.2) is 0 Å². The van der Waals surface area contributed by atoms with Crippen molar-refractivity contribution in [3.05, 3.63) is 82.0 Å². The van der Waals surface area contributed by atoms with Gasteiger partial charge in [-0.2, -0.15) is 11.5 Å². The van der Waals surface area contributed by atoms with Crippen molar-refractivity contribution in [2.45, 2.75) is 113 Å². The summed E-state index contributed by atoms with van der Waals surface area (Å²) < 4.78 is 0. The molecule has 2 bridgehead atoms. The van der Waals surface area contributed by atoms with Gasteiger partial charge in [0.15, 0.2) is 0 Å². The molecule has 2 aromatic carbocycles. The smallest absolute Gasteiger partial charge is 0.193 e. The molecule has 2 aliphatic heterocycles. The van der Waals surface area contributed by atoms with E-state index in [0.29, 0.717) is 0 Å². The molecule has 2 aromatic rings. The number of fused-ring (bicyclic) bond motifs is 4. The Balaban J connectivity index is 1.68. The average molecular weight is 495 g/mol. The van der Waals surface area contributed by atoms with Gasteiger partial charge in [-0.15, -0.1) is 0 Å². The summed E-state index contributed by atoms with van der Waals surface area (Å²) in [4.78, 5) is 0. The molecule has 5 aliphatic rings. The van der Waals surface area contributed by atoms with Crippen LogP contribution >= 0.6 is 11.5 Å². The standard InChI is InChI=1S/C34H40BCl/c36-35-33-23-13-3-7-19-29(33)25-15-5-1-2-6-16-26(25)30-20-8-4-14-24-34(30,35)32-22-12-10-18-28(32)27-17-9-11-21-31(27)33/h9-12,17-18,21-22H,1-8,13-16,19-20,23-24H2/t33-,34+. The molecule has 0 amide bonds. The van der Waals surface area contributed by atoms with Gasteiger partial charge in [0, 0.05) is 10.6 Å². The molecule has 2 heterocycles. The van der Waals surface area contributed by atoms with Crippen LogP contribution in [0, 0.1) is 0 Å². The van der Waals surface area contributed by atoms with E-state index < -0.39 is 0 Å². The number of benzene rings is 2. The minimum atomic E-state index is -0.0560. The average Bonchev–Trinajstić information content (AvgIpc) is 3.30. The van der Waals surface area contributed by atoms with E-state index in [0.717, 1.165) is 0 Å². The topological polar surface area (TPSA) is 0 Å². The van der Waals surface area contributed by atoms with Crippen molar-refractivity contribution in [3.8, 4) is 11.1 Å². The molecule has 7 rings (SSSR count). The maximum Gasteiger partial charge on any atom is 0.280 e. The van der Waals surface area contributed by atoms with E-state index in [9.17, 15) is 0 Å². The second-order valence-electron chi connectivity index (χ2n) is 12.3. The lowest BCUT2D eigenvalue weighted by molar-refractivity contribution is 0.550. The molecular weight excluding hydrogens is 455 g/mol. The van der Waals surface area contributed by atoms with Gasteiger partial charge in [0.25, 0.3) is 6.13 Å². The Morgan fingerprint density at radius 2 is 0.917 bits per heavy atom. The summed E-state index contributed by atoms with van der Waals surface area (Å²) in [6, 6.07) is 19.0. The fraction of sp³-hybridized carbons (Fsp3) is 0.529. The lowest BCUT2D eigenvalue weighted by atomic mass is 9.30. The van der Waals surface area contributed by atoms with Crippen molar-refractivity contribution in [2.75, 3.05) is 0 Å². The van der Waals surface area contributed by atoms with Crippen molar-refractivity contribution in [1.29, 1.82) is 0 Å². The first kappa shape index (κ1) is 23.4. The zero-order valence-electron chi connectivity index (χ0n) is 21.9. The zero-order valence-corrected chi connectivity index (χ0v) is 22.6. The SMILES string of the molecule is ClB1[C@@]23CCCCCC2=C2CCCCCCC2=C2CCCCC[C@@]12c1ccccc1-c1ccccc13. The van der Waals surface area contributed by atoms with Crippen LogP contribution in [0.4, 0.5) is 0 Å². The molecule has 0 nitrogen and oxygen atoms in total. The van der Waals surface area contributed by atoms with E-state index in [1.807, 2.05) is 0 Å². The van der Waals surface area contributed by atoms with E-state index in [1.165, 1.54) is 114 Å². The molecule has 2 heteroatoms. The largest absolute Gasteiger partial charge is 0.280 e. The summed E-state index contributed by atoms with van der Waals surface area (Å²) in [5.41, 5.74) is 13.2. The van der Waals surface area contributed by atoms with E-state index in [-0.39, 0.29) is 16.8 Å². The number of hydrogen-bond donors (Lipinski definition) is 0. The van der Waals surface area contributed by atoms with Gasteiger partial charge < -0.3 is 0 Å². The van der Waals surface area contributed by atoms with Crippen LogP contribution in [0.3, 0.4) is 0 Å². The van der Waals surface area contributed by atoms with E-state index in [1.54, 1.807) is 33.4 Å². The summed E-state index contributed by atoms with van der Waals surface area (Å²) in [6.07, 6.45) is 21.0. The Hall–Kier alpha value is -1.73. The van der Waals surface area contributed by atoms with Crippen molar-refractivity contribution >= 4 is 17.6 Å². The third-order valence-electron chi connectivity index (χ3n) is 10.7. The second-order valence-corrected chi connectivity index (χ2v) is 12.8. The minimum Gasteiger partial charge on any atom is -0.193 e. The first-order valence-electron chi connectivity index (χ1n) is 15.1. The highest BCUT2D eigenvalue weighted by Crippen LogP contribution is 2.64. The summed E-state index contributed by atoms with van der Waals surface area (Å²) in [6.45, 7) is 0. The second kappa shape index (κ2) is 9.23. The Bertz CT molecular complexity index is 1140. The molecule has 3 fully saturated rings. The summed E-state index contributed by atoms with van der Waals surface area (Å²) >= 11 is 8.30. The fourth-order valence-corrected chi connectivity index (χ4v) is 10.1. The van der Waals surface area contributed by atoms with Crippen LogP contribution < -0.4 is 0 Å². The minimum absolute atomic E-state index is 0.0560. The predicted octanol–water partition coefficient (Wildman–Crippen LogP) is 10.0. The van der Waals surface area contributed by atoms with Crippen LogP contribution in [0.1, 0.15) is 114 Å². The fourth-order valence-electron chi connectivity index (χ4n) is 9.34. The number of halogens is 1. The number of allylic oxidation sites excluding steroid dienone is 4. The van der Waals surface area contributed by atoms with Gasteiger partial charge in [0.1, 0.15) is 0 Å². The van der Waals surface area contributed by atoms with Crippen molar-refractivity contribution in [1.82, 2.24) is 0 Å². The van der Waals surface area contributed by atoms with Gasteiger partial charge in [0.2, 0.25) is 0 Å². The van der Waals surface area contributed by atoms with Crippen LogP contribution in [-0.4, -0.2) is 6.13 Å². The van der Waals surface area contributed by atoms with Crippen molar-refractivity contribution in [3.63, 3.8) is 0 Å².